The average molecular weight is 289 g/mol. The van der Waals surface area contributed by atoms with Crippen molar-refractivity contribution in [3.63, 3.8) is 0 Å². The average Bonchev–Trinajstić information content (AvgIpc) is 2.76. The summed E-state index contributed by atoms with van der Waals surface area (Å²) in [6.45, 7) is 4.35. The number of rotatable bonds is 3. The van der Waals surface area contributed by atoms with E-state index in [9.17, 15) is 0 Å². The summed E-state index contributed by atoms with van der Waals surface area (Å²) in [6.07, 6.45) is 2.33. The first-order chi connectivity index (χ1) is 8.19. The number of aliphatic imine (C=N–C) groups is 1. The number of halogens is 1. The molecule has 17 heavy (non-hydrogen) atoms. The summed E-state index contributed by atoms with van der Waals surface area (Å²) >= 11 is 9.40. The molecule has 0 aliphatic carbocycles. The first-order valence-electron chi connectivity index (χ1n) is 5.91. The molecule has 2 atom stereocenters. The molecule has 1 aromatic rings. The minimum absolute atomic E-state index is 0.286. The number of thiophene rings is 1. The fourth-order valence-corrected chi connectivity index (χ4v) is 3.88. The van der Waals surface area contributed by atoms with Crippen LogP contribution in [0.5, 0.6) is 0 Å². The number of hydrogen-bond acceptors (Lipinski definition) is 4. The van der Waals surface area contributed by atoms with Crippen LogP contribution in [0.15, 0.2) is 17.1 Å². The number of hydrogen-bond donors (Lipinski definition) is 1. The monoisotopic (exact) mass is 288 g/mol. The fourth-order valence-electron chi connectivity index (χ4n) is 1.75. The highest BCUT2D eigenvalue weighted by Gasteiger charge is 2.16. The van der Waals surface area contributed by atoms with Crippen LogP contribution < -0.4 is 5.32 Å². The van der Waals surface area contributed by atoms with E-state index >= 15 is 0 Å². The molecular formula is C12H17ClN2S2. The van der Waals surface area contributed by atoms with Gasteiger partial charge in [-0.15, -0.1) is 11.3 Å². The third-order valence-corrected chi connectivity index (χ3v) is 5.17. The van der Waals surface area contributed by atoms with Gasteiger partial charge in [-0.25, -0.2) is 0 Å². The molecule has 0 bridgehead atoms. The van der Waals surface area contributed by atoms with Crippen molar-refractivity contribution < 1.29 is 0 Å². The molecule has 1 N–H and O–H groups in total. The van der Waals surface area contributed by atoms with Gasteiger partial charge in [0.15, 0.2) is 5.17 Å². The van der Waals surface area contributed by atoms with Gasteiger partial charge in [-0.1, -0.05) is 30.3 Å². The van der Waals surface area contributed by atoms with Crippen molar-refractivity contribution >= 4 is 39.9 Å². The van der Waals surface area contributed by atoms with E-state index in [-0.39, 0.29) is 6.04 Å². The molecule has 0 radical (unpaired) electrons. The Labute approximate surface area is 116 Å². The van der Waals surface area contributed by atoms with Crippen LogP contribution in [0.2, 0.25) is 4.34 Å². The van der Waals surface area contributed by atoms with E-state index in [4.69, 9.17) is 16.6 Å². The second-order valence-electron chi connectivity index (χ2n) is 4.14. The summed E-state index contributed by atoms with van der Waals surface area (Å²) in [4.78, 5) is 5.97. The Bertz CT molecular complexity index is 403. The van der Waals surface area contributed by atoms with E-state index in [0.717, 1.165) is 15.9 Å². The summed E-state index contributed by atoms with van der Waals surface area (Å²) < 4.78 is 0.846. The maximum Gasteiger partial charge on any atom is 0.157 e. The lowest BCUT2D eigenvalue weighted by atomic mass is 10.2. The fraction of sp³-hybridized carbons (Fsp3) is 0.583. The van der Waals surface area contributed by atoms with Crippen molar-refractivity contribution in [3.05, 3.63) is 21.3 Å². The van der Waals surface area contributed by atoms with E-state index in [1.54, 1.807) is 11.3 Å². The van der Waals surface area contributed by atoms with Gasteiger partial charge in [-0.05, 0) is 31.9 Å². The molecule has 0 saturated carbocycles. The van der Waals surface area contributed by atoms with Crippen molar-refractivity contribution in [3.8, 4) is 0 Å². The Hall–Kier alpha value is -0.190. The number of thioether (sulfide) groups is 1. The summed E-state index contributed by atoms with van der Waals surface area (Å²) in [5, 5.41) is 4.56. The molecule has 0 saturated heterocycles. The summed E-state index contributed by atoms with van der Waals surface area (Å²) in [5.41, 5.74) is 0. The molecular weight excluding hydrogens is 272 g/mol. The highest BCUT2D eigenvalue weighted by molar-refractivity contribution is 8.13. The van der Waals surface area contributed by atoms with Gasteiger partial charge in [0.2, 0.25) is 0 Å². The summed E-state index contributed by atoms with van der Waals surface area (Å²) in [5.74, 6) is 1.17. The second-order valence-corrected chi connectivity index (χ2v) is 6.97. The van der Waals surface area contributed by atoms with E-state index < -0.39 is 0 Å². The van der Waals surface area contributed by atoms with Crippen LogP contribution in [-0.4, -0.2) is 17.0 Å². The predicted molar refractivity (Wildman–Crippen MR) is 79.5 cm³/mol. The Morgan fingerprint density at radius 2 is 2.41 bits per heavy atom. The molecule has 94 valence electrons. The van der Waals surface area contributed by atoms with Gasteiger partial charge in [0.05, 0.1) is 16.4 Å². The van der Waals surface area contributed by atoms with E-state index in [1.165, 1.54) is 17.1 Å². The largest absolute Gasteiger partial charge is 0.358 e. The molecule has 2 unspecified atom stereocenters. The number of nitrogens with zero attached hydrogens (tertiary/aromatic N) is 1. The van der Waals surface area contributed by atoms with Crippen LogP contribution in [0.4, 0.5) is 0 Å². The third kappa shape index (κ3) is 3.63. The van der Waals surface area contributed by atoms with E-state index in [2.05, 4.69) is 25.2 Å². The van der Waals surface area contributed by atoms with Crippen LogP contribution in [-0.2, 0) is 0 Å². The molecule has 0 amide bonds. The van der Waals surface area contributed by atoms with Crippen LogP contribution in [0.25, 0.3) is 0 Å². The molecule has 1 aliphatic heterocycles. The van der Waals surface area contributed by atoms with Crippen molar-refractivity contribution in [1.82, 2.24) is 5.32 Å². The van der Waals surface area contributed by atoms with Gasteiger partial charge in [0.1, 0.15) is 0 Å². The molecule has 0 aromatic carbocycles. The van der Waals surface area contributed by atoms with Gasteiger partial charge in [-0.3, -0.25) is 4.99 Å². The molecule has 1 aromatic heterocycles. The minimum atomic E-state index is 0.286. The normalized spacial score (nSPS) is 22.1. The van der Waals surface area contributed by atoms with Crippen molar-refractivity contribution in [2.24, 2.45) is 4.99 Å². The predicted octanol–water partition coefficient (Wildman–Crippen LogP) is 4.32. The Morgan fingerprint density at radius 3 is 3.06 bits per heavy atom. The standard InChI is InChI=1S/C12H17ClN2S2/c1-3-9-6-7-16-12(15-9)14-8(2)10-4-5-11(13)17-10/h4-5,8-9H,3,6-7H2,1-2H3,(H,14,15). The van der Waals surface area contributed by atoms with E-state index in [1.807, 2.05) is 17.8 Å². The zero-order valence-electron chi connectivity index (χ0n) is 10.1. The van der Waals surface area contributed by atoms with Gasteiger partial charge in [0.25, 0.3) is 0 Å². The first-order valence-corrected chi connectivity index (χ1v) is 8.09. The minimum Gasteiger partial charge on any atom is -0.358 e. The number of nitrogens with one attached hydrogen (secondary N) is 1. The van der Waals surface area contributed by atoms with Crippen LogP contribution in [0.3, 0.4) is 0 Å². The molecule has 5 heteroatoms. The smallest absolute Gasteiger partial charge is 0.157 e. The first kappa shape index (κ1) is 13.2. The molecule has 1 aliphatic rings. The van der Waals surface area contributed by atoms with Crippen LogP contribution in [0, 0.1) is 0 Å². The second kappa shape index (κ2) is 6.12. The quantitative estimate of drug-likeness (QED) is 0.895. The molecule has 2 nitrogen and oxygen atoms in total. The van der Waals surface area contributed by atoms with E-state index in [0.29, 0.717) is 6.04 Å². The summed E-state index contributed by atoms with van der Waals surface area (Å²) in [7, 11) is 0. The number of amidine groups is 1. The third-order valence-electron chi connectivity index (χ3n) is 2.82. The Morgan fingerprint density at radius 1 is 1.59 bits per heavy atom. The molecule has 2 heterocycles. The van der Waals surface area contributed by atoms with Crippen molar-refractivity contribution in [2.45, 2.75) is 38.8 Å². The lowest BCUT2D eigenvalue weighted by Crippen LogP contribution is -2.28. The van der Waals surface area contributed by atoms with Gasteiger partial charge in [0, 0.05) is 10.6 Å². The van der Waals surface area contributed by atoms with Crippen molar-refractivity contribution in [1.29, 1.82) is 0 Å². The SMILES string of the molecule is CCC1CCSC(NC(C)c2ccc(Cl)s2)=N1. The topological polar surface area (TPSA) is 24.4 Å². The zero-order chi connectivity index (χ0) is 12.3. The van der Waals surface area contributed by atoms with Gasteiger partial charge in [-0.2, -0.15) is 0 Å². The Kier molecular flexibility index (Phi) is 4.77. The maximum atomic E-state index is 5.95. The molecule has 2 rings (SSSR count). The molecule has 0 fully saturated rings. The molecule has 0 spiro atoms. The van der Waals surface area contributed by atoms with Crippen LogP contribution >= 0.6 is 34.7 Å². The zero-order valence-corrected chi connectivity index (χ0v) is 12.5. The summed E-state index contributed by atoms with van der Waals surface area (Å²) in [6, 6.07) is 4.81. The van der Waals surface area contributed by atoms with Gasteiger partial charge < -0.3 is 5.32 Å². The van der Waals surface area contributed by atoms with Crippen LogP contribution in [0.1, 0.15) is 37.6 Å². The highest BCUT2D eigenvalue weighted by atomic mass is 35.5. The lowest BCUT2D eigenvalue weighted by Gasteiger charge is -2.22. The maximum absolute atomic E-state index is 5.95. The highest BCUT2D eigenvalue weighted by Crippen LogP contribution is 2.28. The van der Waals surface area contributed by atoms with Gasteiger partial charge >= 0.3 is 0 Å². The Balaban J connectivity index is 1.98. The van der Waals surface area contributed by atoms with Crippen molar-refractivity contribution in [2.75, 3.05) is 5.75 Å². The lowest BCUT2D eigenvalue weighted by molar-refractivity contribution is 0.623.